The SMILES string of the molecule is CNC(=O)Nc1ccc(-c2nc(N3CCOCC3)c3cnn(C4CCN(C(=O)c5cccc(F)c5)CC4)c3n2)cc1. The molecule has 0 spiro atoms. The van der Waals surface area contributed by atoms with Gasteiger partial charge in [-0.1, -0.05) is 6.07 Å². The first-order chi connectivity index (χ1) is 20.0. The number of rotatable bonds is 5. The lowest BCUT2D eigenvalue weighted by atomic mass is 10.0. The Bertz CT molecular complexity index is 1560. The summed E-state index contributed by atoms with van der Waals surface area (Å²) in [7, 11) is 1.56. The van der Waals surface area contributed by atoms with Gasteiger partial charge in [0.25, 0.3) is 5.91 Å². The lowest BCUT2D eigenvalue weighted by Gasteiger charge is -2.32. The number of anilines is 2. The smallest absolute Gasteiger partial charge is 0.318 e. The molecule has 3 amide bonds. The van der Waals surface area contributed by atoms with E-state index in [-0.39, 0.29) is 18.0 Å². The molecule has 4 heterocycles. The molecule has 11 nitrogen and oxygen atoms in total. The normalized spacial score (nSPS) is 16.1. The van der Waals surface area contributed by atoms with E-state index in [1.165, 1.54) is 12.1 Å². The molecule has 6 rings (SSSR count). The fourth-order valence-corrected chi connectivity index (χ4v) is 5.34. The summed E-state index contributed by atoms with van der Waals surface area (Å²) in [6, 6.07) is 13.0. The molecule has 4 aromatic rings. The second kappa shape index (κ2) is 11.5. The predicted octanol–water partition coefficient (Wildman–Crippen LogP) is 3.70. The van der Waals surface area contributed by atoms with E-state index in [0.29, 0.717) is 69.3 Å². The molecule has 2 aliphatic heterocycles. The van der Waals surface area contributed by atoms with E-state index in [0.717, 1.165) is 22.4 Å². The van der Waals surface area contributed by atoms with Crippen molar-refractivity contribution < 1.29 is 18.7 Å². The Morgan fingerprint density at radius 1 is 1.00 bits per heavy atom. The van der Waals surface area contributed by atoms with Gasteiger partial charge in [0.05, 0.1) is 30.8 Å². The van der Waals surface area contributed by atoms with Crippen molar-refractivity contribution in [3.05, 3.63) is 66.1 Å². The number of benzene rings is 2. The largest absolute Gasteiger partial charge is 0.378 e. The average Bonchev–Trinajstić information content (AvgIpc) is 3.45. The first-order valence-corrected chi connectivity index (χ1v) is 13.7. The predicted molar refractivity (Wildman–Crippen MR) is 152 cm³/mol. The van der Waals surface area contributed by atoms with Gasteiger partial charge in [-0.15, -0.1) is 0 Å². The minimum Gasteiger partial charge on any atom is -0.378 e. The molecule has 2 aromatic heterocycles. The van der Waals surface area contributed by atoms with Gasteiger partial charge in [-0.05, 0) is 55.3 Å². The molecule has 12 heteroatoms. The Morgan fingerprint density at radius 3 is 2.46 bits per heavy atom. The van der Waals surface area contributed by atoms with Crippen molar-refractivity contribution in [1.29, 1.82) is 0 Å². The van der Waals surface area contributed by atoms with Crippen LogP contribution in [0.3, 0.4) is 0 Å². The van der Waals surface area contributed by atoms with Crippen molar-refractivity contribution in [2.24, 2.45) is 0 Å². The van der Waals surface area contributed by atoms with Crippen LogP contribution in [-0.2, 0) is 4.74 Å². The highest BCUT2D eigenvalue weighted by atomic mass is 19.1. The number of ether oxygens (including phenoxy) is 1. The number of aromatic nitrogens is 4. The molecule has 0 bridgehead atoms. The van der Waals surface area contributed by atoms with Crippen LogP contribution in [0, 0.1) is 5.82 Å². The fraction of sp³-hybridized carbons (Fsp3) is 0.345. The topological polar surface area (TPSA) is 118 Å². The molecule has 0 aliphatic carbocycles. The number of halogens is 1. The Kier molecular flexibility index (Phi) is 7.47. The van der Waals surface area contributed by atoms with Gasteiger partial charge in [0.2, 0.25) is 0 Å². The average molecular weight is 559 g/mol. The first-order valence-electron chi connectivity index (χ1n) is 13.7. The van der Waals surface area contributed by atoms with Gasteiger partial charge in [0.1, 0.15) is 11.6 Å². The van der Waals surface area contributed by atoms with Crippen molar-refractivity contribution >= 4 is 34.5 Å². The Morgan fingerprint density at radius 2 is 1.76 bits per heavy atom. The van der Waals surface area contributed by atoms with E-state index in [9.17, 15) is 14.0 Å². The quantitative estimate of drug-likeness (QED) is 0.384. The third-order valence-electron chi connectivity index (χ3n) is 7.54. The summed E-state index contributed by atoms with van der Waals surface area (Å²) in [5.41, 5.74) is 2.57. The van der Waals surface area contributed by atoms with Crippen LogP contribution in [0.25, 0.3) is 22.4 Å². The number of nitrogens with zero attached hydrogens (tertiary/aromatic N) is 6. The van der Waals surface area contributed by atoms with Crippen LogP contribution in [0.4, 0.5) is 20.7 Å². The molecule has 0 saturated carbocycles. The molecule has 2 aliphatic rings. The molecule has 2 N–H and O–H groups in total. The zero-order valence-corrected chi connectivity index (χ0v) is 22.7. The number of amides is 3. The van der Waals surface area contributed by atoms with Crippen LogP contribution in [0.1, 0.15) is 29.2 Å². The monoisotopic (exact) mass is 558 g/mol. The number of piperidine rings is 1. The van der Waals surface area contributed by atoms with Crippen LogP contribution in [0.15, 0.2) is 54.7 Å². The molecule has 212 valence electrons. The summed E-state index contributed by atoms with van der Waals surface area (Å²) >= 11 is 0. The molecule has 0 radical (unpaired) electrons. The maximum absolute atomic E-state index is 13.7. The molecule has 0 unspecified atom stereocenters. The number of hydrogen-bond donors (Lipinski definition) is 2. The lowest BCUT2D eigenvalue weighted by molar-refractivity contribution is 0.0691. The third kappa shape index (κ3) is 5.55. The summed E-state index contributed by atoms with van der Waals surface area (Å²) in [4.78, 5) is 38.5. The molecular weight excluding hydrogens is 527 g/mol. The van der Waals surface area contributed by atoms with E-state index < -0.39 is 5.82 Å². The van der Waals surface area contributed by atoms with Gasteiger partial charge in [0, 0.05) is 50.0 Å². The Balaban J connectivity index is 1.29. The van der Waals surface area contributed by atoms with Crippen LogP contribution in [0.5, 0.6) is 0 Å². The second-order valence-corrected chi connectivity index (χ2v) is 10.1. The van der Waals surface area contributed by atoms with Crippen molar-refractivity contribution in [2.45, 2.75) is 18.9 Å². The van der Waals surface area contributed by atoms with Gasteiger partial charge in [-0.25, -0.2) is 23.8 Å². The summed E-state index contributed by atoms with van der Waals surface area (Å²) in [6.07, 6.45) is 3.22. The maximum Gasteiger partial charge on any atom is 0.318 e. The van der Waals surface area contributed by atoms with Crippen molar-refractivity contribution in [2.75, 3.05) is 56.7 Å². The van der Waals surface area contributed by atoms with Gasteiger partial charge in [0.15, 0.2) is 11.5 Å². The van der Waals surface area contributed by atoms with Gasteiger partial charge in [-0.3, -0.25) is 4.79 Å². The molecule has 0 atom stereocenters. The Hall–Kier alpha value is -4.58. The first kappa shape index (κ1) is 26.6. The zero-order valence-electron chi connectivity index (χ0n) is 22.7. The van der Waals surface area contributed by atoms with Crippen LogP contribution < -0.4 is 15.5 Å². The highest BCUT2D eigenvalue weighted by Crippen LogP contribution is 2.32. The number of nitrogens with one attached hydrogen (secondary N) is 2. The molecule has 2 aromatic carbocycles. The molecule has 41 heavy (non-hydrogen) atoms. The minimum atomic E-state index is -0.419. The second-order valence-electron chi connectivity index (χ2n) is 10.1. The van der Waals surface area contributed by atoms with Crippen molar-refractivity contribution in [3.8, 4) is 11.4 Å². The zero-order chi connectivity index (χ0) is 28.3. The summed E-state index contributed by atoms with van der Waals surface area (Å²) in [5.74, 6) is 0.788. The number of hydrogen-bond acceptors (Lipinski definition) is 7. The number of fused-ring (bicyclic) bond motifs is 1. The van der Waals surface area contributed by atoms with E-state index in [4.69, 9.17) is 19.8 Å². The summed E-state index contributed by atoms with van der Waals surface area (Å²) < 4.78 is 21.2. The number of carbonyl (C=O) groups is 2. The summed E-state index contributed by atoms with van der Waals surface area (Å²) in [6.45, 7) is 3.74. The standard InChI is InChI=1S/C29H31FN8O3/c1-31-29(40)33-22-7-5-19(6-8-22)25-34-26(36-13-15-41-16-14-36)24-18-32-38(27(24)35-25)23-9-11-37(12-10-23)28(39)20-3-2-4-21(30)17-20/h2-8,17-18,23H,9-16H2,1H3,(H2,31,33,40). The fourth-order valence-electron chi connectivity index (χ4n) is 5.34. The number of carbonyl (C=O) groups excluding carboxylic acids is 2. The number of urea groups is 1. The van der Waals surface area contributed by atoms with Gasteiger partial charge < -0.3 is 25.2 Å². The van der Waals surface area contributed by atoms with Gasteiger partial charge in [-0.2, -0.15) is 5.10 Å². The van der Waals surface area contributed by atoms with E-state index in [1.807, 2.05) is 35.1 Å². The van der Waals surface area contributed by atoms with E-state index in [1.54, 1.807) is 24.1 Å². The van der Waals surface area contributed by atoms with Gasteiger partial charge >= 0.3 is 6.03 Å². The third-order valence-corrected chi connectivity index (χ3v) is 7.54. The van der Waals surface area contributed by atoms with E-state index >= 15 is 0 Å². The maximum atomic E-state index is 13.7. The number of morpholine rings is 1. The summed E-state index contributed by atoms with van der Waals surface area (Å²) in [5, 5.41) is 10.9. The molecule has 2 fully saturated rings. The van der Waals surface area contributed by atoms with Crippen LogP contribution in [-0.4, -0.2) is 83.0 Å². The Labute approximate surface area is 236 Å². The van der Waals surface area contributed by atoms with Crippen molar-refractivity contribution in [3.63, 3.8) is 0 Å². The minimum absolute atomic E-state index is 0.0449. The lowest BCUT2D eigenvalue weighted by Crippen LogP contribution is -2.39. The van der Waals surface area contributed by atoms with Crippen molar-refractivity contribution in [1.82, 2.24) is 30.0 Å². The number of likely N-dealkylation sites (tertiary alicyclic amines) is 1. The van der Waals surface area contributed by atoms with Crippen LogP contribution in [0.2, 0.25) is 0 Å². The van der Waals surface area contributed by atoms with E-state index in [2.05, 4.69) is 15.5 Å². The van der Waals surface area contributed by atoms with Crippen LogP contribution >= 0.6 is 0 Å². The highest BCUT2D eigenvalue weighted by molar-refractivity contribution is 5.94. The highest BCUT2D eigenvalue weighted by Gasteiger charge is 2.28. The molecular formula is C29H31FN8O3. The molecule has 2 saturated heterocycles.